The van der Waals surface area contributed by atoms with Crippen LogP contribution in [0.2, 0.25) is 0 Å². The summed E-state index contributed by atoms with van der Waals surface area (Å²) in [6.45, 7) is 5.53. The lowest BCUT2D eigenvalue weighted by molar-refractivity contribution is -0.145. The first-order chi connectivity index (χ1) is 8.28. The molecule has 0 aromatic heterocycles. The van der Waals surface area contributed by atoms with Gasteiger partial charge in [-0.25, -0.2) is 9.59 Å². The highest BCUT2D eigenvalue weighted by Crippen LogP contribution is 2.25. The van der Waals surface area contributed by atoms with Crippen molar-refractivity contribution >= 4 is 12.1 Å². The van der Waals surface area contributed by atoms with Crippen LogP contribution in [0.25, 0.3) is 0 Å². The SMILES string of the molecule is COC(=O)[C@@H]1C[C@H](CO)CN1C(=O)OC(C)(C)C. The Bertz CT molecular complexity index is 323. The lowest BCUT2D eigenvalue weighted by Crippen LogP contribution is -2.43. The molecule has 0 saturated carbocycles. The zero-order chi connectivity index (χ0) is 13.9. The van der Waals surface area contributed by atoms with Gasteiger partial charge < -0.3 is 14.6 Å². The van der Waals surface area contributed by atoms with Crippen molar-refractivity contribution in [3.8, 4) is 0 Å². The maximum atomic E-state index is 12.0. The van der Waals surface area contributed by atoms with Crippen LogP contribution in [-0.4, -0.2) is 54.0 Å². The van der Waals surface area contributed by atoms with Crippen LogP contribution < -0.4 is 0 Å². The third kappa shape index (κ3) is 3.60. The average molecular weight is 259 g/mol. The van der Waals surface area contributed by atoms with Crippen LogP contribution in [0, 0.1) is 5.92 Å². The smallest absolute Gasteiger partial charge is 0.411 e. The third-order valence-electron chi connectivity index (χ3n) is 2.75. The summed E-state index contributed by atoms with van der Waals surface area (Å²) in [6, 6.07) is -0.665. The number of aliphatic hydroxyl groups is 1. The zero-order valence-corrected chi connectivity index (χ0v) is 11.3. The molecule has 0 unspecified atom stereocenters. The zero-order valence-electron chi connectivity index (χ0n) is 11.3. The van der Waals surface area contributed by atoms with E-state index in [2.05, 4.69) is 4.74 Å². The van der Waals surface area contributed by atoms with Crippen LogP contribution in [0.4, 0.5) is 4.79 Å². The molecule has 1 heterocycles. The number of ether oxygens (including phenoxy) is 2. The Morgan fingerprint density at radius 1 is 1.39 bits per heavy atom. The molecular formula is C12H21NO5. The first kappa shape index (κ1) is 14.8. The summed E-state index contributed by atoms with van der Waals surface area (Å²) in [4.78, 5) is 24.9. The lowest BCUT2D eigenvalue weighted by Gasteiger charge is -2.27. The molecule has 0 radical (unpaired) electrons. The first-order valence-electron chi connectivity index (χ1n) is 5.96. The van der Waals surface area contributed by atoms with Crippen LogP contribution in [-0.2, 0) is 14.3 Å². The number of aliphatic hydroxyl groups excluding tert-OH is 1. The molecule has 0 bridgehead atoms. The first-order valence-corrected chi connectivity index (χ1v) is 5.96. The normalized spacial score (nSPS) is 23.9. The van der Waals surface area contributed by atoms with E-state index >= 15 is 0 Å². The van der Waals surface area contributed by atoms with Crippen LogP contribution in [0.3, 0.4) is 0 Å². The number of rotatable bonds is 2. The number of hydrogen-bond donors (Lipinski definition) is 1. The summed E-state index contributed by atoms with van der Waals surface area (Å²) >= 11 is 0. The molecule has 0 aliphatic carbocycles. The predicted octanol–water partition coefficient (Wildman–Crippen LogP) is 0.777. The summed E-state index contributed by atoms with van der Waals surface area (Å²) in [5.74, 6) is -0.585. The van der Waals surface area contributed by atoms with Gasteiger partial charge in [0, 0.05) is 19.1 Å². The molecule has 1 rings (SSSR count). The fourth-order valence-corrected chi connectivity index (χ4v) is 1.94. The van der Waals surface area contributed by atoms with Crippen molar-refractivity contribution in [3.63, 3.8) is 0 Å². The van der Waals surface area contributed by atoms with Gasteiger partial charge >= 0.3 is 12.1 Å². The third-order valence-corrected chi connectivity index (χ3v) is 2.75. The van der Waals surface area contributed by atoms with E-state index in [4.69, 9.17) is 9.84 Å². The molecule has 1 saturated heterocycles. The van der Waals surface area contributed by atoms with E-state index < -0.39 is 23.7 Å². The Balaban J connectivity index is 2.77. The topological polar surface area (TPSA) is 76.1 Å². The number of nitrogens with zero attached hydrogens (tertiary/aromatic N) is 1. The van der Waals surface area contributed by atoms with Gasteiger partial charge in [0.2, 0.25) is 0 Å². The van der Waals surface area contributed by atoms with Gasteiger partial charge in [-0.05, 0) is 27.2 Å². The second kappa shape index (κ2) is 5.56. The quantitative estimate of drug-likeness (QED) is 0.741. The second-order valence-electron chi connectivity index (χ2n) is 5.46. The molecule has 104 valence electrons. The monoisotopic (exact) mass is 259 g/mol. The molecule has 18 heavy (non-hydrogen) atoms. The van der Waals surface area contributed by atoms with Crippen LogP contribution >= 0.6 is 0 Å². The van der Waals surface area contributed by atoms with Crippen molar-refractivity contribution in [2.75, 3.05) is 20.3 Å². The summed E-state index contributed by atoms with van der Waals surface area (Å²) in [7, 11) is 1.28. The molecule has 2 atom stereocenters. The molecule has 1 aliphatic rings. The molecule has 0 spiro atoms. The molecule has 6 nitrogen and oxygen atoms in total. The van der Waals surface area contributed by atoms with Gasteiger partial charge in [0.05, 0.1) is 7.11 Å². The predicted molar refractivity (Wildman–Crippen MR) is 63.9 cm³/mol. The minimum Gasteiger partial charge on any atom is -0.467 e. The molecule has 1 amide bonds. The Morgan fingerprint density at radius 2 is 2.00 bits per heavy atom. The molecule has 6 heteroatoms. The molecule has 0 aromatic carbocycles. The number of esters is 1. The van der Waals surface area contributed by atoms with Gasteiger partial charge in [-0.15, -0.1) is 0 Å². The van der Waals surface area contributed by atoms with Gasteiger partial charge in [0.1, 0.15) is 11.6 Å². The van der Waals surface area contributed by atoms with E-state index in [0.717, 1.165) is 0 Å². The summed E-state index contributed by atoms with van der Waals surface area (Å²) in [5, 5.41) is 9.14. The second-order valence-corrected chi connectivity index (χ2v) is 5.46. The number of methoxy groups -OCH3 is 1. The number of hydrogen-bond acceptors (Lipinski definition) is 5. The molecular weight excluding hydrogens is 238 g/mol. The highest BCUT2D eigenvalue weighted by Gasteiger charge is 2.41. The Hall–Kier alpha value is -1.30. The Morgan fingerprint density at radius 3 is 2.44 bits per heavy atom. The van der Waals surface area contributed by atoms with Crippen molar-refractivity contribution in [2.45, 2.75) is 38.8 Å². The Labute approximate surface area is 107 Å². The van der Waals surface area contributed by atoms with Gasteiger partial charge in [-0.1, -0.05) is 0 Å². The van der Waals surface area contributed by atoms with Crippen molar-refractivity contribution in [1.29, 1.82) is 0 Å². The number of carbonyl (C=O) groups excluding carboxylic acids is 2. The standard InChI is InChI=1S/C12H21NO5/c1-12(2,3)18-11(16)13-6-8(7-14)5-9(13)10(15)17-4/h8-9,14H,5-7H2,1-4H3/t8-,9-/m0/s1. The maximum Gasteiger partial charge on any atom is 0.411 e. The van der Waals surface area contributed by atoms with Gasteiger partial charge in [0.25, 0.3) is 0 Å². The largest absolute Gasteiger partial charge is 0.467 e. The maximum absolute atomic E-state index is 12.0. The van der Waals surface area contributed by atoms with E-state index in [1.807, 2.05) is 0 Å². The number of likely N-dealkylation sites (tertiary alicyclic amines) is 1. The number of carbonyl (C=O) groups is 2. The van der Waals surface area contributed by atoms with Crippen LogP contribution in [0.15, 0.2) is 0 Å². The number of amides is 1. The van der Waals surface area contributed by atoms with E-state index in [9.17, 15) is 9.59 Å². The lowest BCUT2D eigenvalue weighted by atomic mass is 10.1. The van der Waals surface area contributed by atoms with E-state index in [1.165, 1.54) is 12.0 Å². The Kier molecular flexibility index (Phi) is 4.56. The van der Waals surface area contributed by atoms with Crippen molar-refractivity contribution in [2.24, 2.45) is 5.92 Å². The van der Waals surface area contributed by atoms with Crippen molar-refractivity contribution < 1.29 is 24.2 Å². The van der Waals surface area contributed by atoms with Crippen LogP contribution in [0.1, 0.15) is 27.2 Å². The molecule has 1 N–H and O–H groups in total. The van der Waals surface area contributed by atoms with Crippen molar-refractivity contribution in [1.82, 2.24) is 4.90 Å². The fourth-order valence-electron chi connectivity index (χ4n) is 1.94. The van der Waals surface area contributed by atoms with E-state index in [1.54, 1.807) is 20.8 Å². The highest BCUT2D eigenvalue weighted by molar-refractivity contribution is 5.82. The van der Waals surface area contributed by atoms with Crippen molar-refractivity contribution in [3.05, 3.63) is 0 Å². The minimum absolute atomic E-state index is 0.0627. The summed E-state index contributed by atoms with van der Waals surface area (Å²) in [6.07, 6.45) is -0.142. The summed E-state index contributed by atoms with van der Waals surface area (Å²) in [5.41, 5.74) is -0.616. The van der Waals surface area contributed by atoms with Crippen LogP contribution in [0.5, 0.6) is 0 Å². The molecule has 0 aromatic rings. The van der Waals surface area contributed by atoms with Gasteiger partial charge in [0.15, 0.2) is 0 Å². The molecule has 1 aliphatic heterocycles. The summed E-state index contributed by atoms with van der Waals surface area (Å²) < 4.78 is 9.90. The van der Waals surface area contributed by atoms with E-state index in [0.29, 0.717) is 13.0 Å². The van der Waals surface area contributed by atoms with Gasteiger partial charge in [-0.3, -0.25) is 4.90 Å². The van der Waals surface area contributed by atoms with Gasteiger partial charge in [-0.2, -0.15) is 0 Å². The minimum atomic E-state index is -0.665. The molecule has 1 fully saturated rings. The van der Waals surface area contributed by atoms with E-state index in [-0.39, 0.29) is 12.5 Å². The highest BCUT2D eigenvalue weighted by atomic mass is 16.6. The fraction of sp³-hybridized carbons (Fsp3) is 0.833. The average Bonchev–Trinajstić information content (AvgIpc) is 2.69.